The van der Waals surface area contributed by atoms with Crippen molar-refractivity contribution in [3.05, 3.63) is 78.4 Å². The van der Waals surface area contributed by atoms with Crippen molar-refractivity contribution in [1.29, 1.82) is 0 Å². The molecule has 1 aliphatic heterocycles. The first kappa shape index (κ1) is 23.6. The average molecular weight is 487 g/mol. The number of anilines is 4. The molecule has 0 amide bonds. The quantitative estimate of drug-likeness (QED) is 0.304. The molecule has 1 atom stereocenters. The molecule has 0 fully saturated rings. The van der Waals surface area contributed by atoms with E-state index in [-0.39, 0.29) is 6.61 Å². The second-order valence-corrected chi connectivity index (χ2v) is 8.35. The molecule has 184 valence electrons. The maximum Gasteiger partial charge on any atom is 0.229 e. The van der Waals surface area contributed by atoms with E-state index in [1.807, 2.05) is 59.5 Å². The fourth-order valence-corrected chi connectivity index (χ4v) is 4.28. The van der Waals surface area contributed by atoms with Crippen molar-refractivity contribution in [2.75, 3.05) is 29.9 Å². The lowest BCUT2D eigenvalue weighted by atomic mass is 10.0. The molecule has 4 aromatic rings. The van der Waals surface area contributed by atoms with Crippen LogP contribution >= 0.6 is 0 Å². The van der Waals surface area contributed by atoms with Crippen LogP contribution in [0.3, 0.4) is 0 Å². The minimum atomic E-state index is -1.20. The van der Waals surface area contributed by atoms with Gasteiger partial charge in [-0.3, -0.25) is 9.69 Å². The number of hydrogen-bond donors (Lipinski definition) is 3. The van der Waals surface area contributed by atoms with Crippen molar-refractivity contribution in [2.45, 2.75) is 19.2 Å². The van der Waals surface area contributed by atoms with Gasteiger partial charge in [-0.1, -0.05) is 18.2 Å². The number of aliphatic hydroxyl groups is 2. The van der Waals surface area contributed by atoms with Crippen molar-refractivity contribution in [3.8, 4) is 11.3 Å². The van der Waals surface area contributed by atoms with E-state index in [0.29, 0.717) is 49.9 Å². The number of rotatable bonds is 9. The molecular weight excluding hydrogens is 460 g/mol. The first-order valence-corrected chi connectivity index (χ1v) is 11.6. The fraction of sp³-hybridized carbons (Fsp3) is 0.231. The highest BCUT2D eigenvalue weighted by molar-refractivity contribution is 5.68. The molecule has 2 aromatic heterocycles. The lowest BCUT2D eigenvalue weighted by molar-refractivity contribution is -0.124. The summed E-state index contributed by atoms with van der Waals surface area (Å²) in [5, 5.41) is 23.3. The maximum atomic E-state index is 11.2. The normalized spacial score (nSPS) is 14.2. The summed E-state index contributed by atoms with van der Waals surface area (Å²) in [6.07, 6.45) is 2.91. The number of nitrogens with zero attached hydrogens (tertiary/aromatic N) is 5. The highest BCUT2D eigenvalue weighted by Gasteiger charge is 2.28. The number of oxazole rings is 1. The van der Waals surface area contributed by atoms with Gasteiger partial charge < -0.3 is 24.8 Å². The molecule has 0 spiro atoms. The summed E-state index contributed by atoms with van der Waals surface area (Å²) in [6.45, 7) is 1.03. The monoisotopic (exact) mass is 486 g/mol. The molecule has 10 nitrogen and oxygen atoms in total. The van der Waals surface area contributed by atoms with Gasteiger partial charge in [0.15, 0.2) is 24.7 Å². The van der Waals surface area contributed by atoms with Crippen molar-refractivity contribution < 1.29 is 19.4 Å². The number of para-hydroxylation sites is 1. The topological polar surface area (TPSA) is 128 Å². The van der Waals surface area contributed by atoms with Gasteiger partial charge in [-0.05, 0) is 36.4 Å². The van der Waals surface area contributed by atoms with Gasteiger partial charge in [0.25, 0.3) is 0 Å². The van der Waals surface area contributed by atoms with Crippen molar-refractivity contribution in [1.82, 2.24) is 19.9 Å². The highest BCUT2D eigenvalue weighted by Crippen LogP contribution is 2.33. The van der Waals surface area contributed by atoms with E-state index in [9.17, 15) is 15.0 Å². The van der Waals surface area contributed by atoms with Gasteiger partial charge in [0, 0.05) is 48.6 Å². The number of fused-ring (bicyclic) bond motifs is 1. The zero-order valence-corrected chi connectivity index (χ0v) is 19.5. The molecule has 2 aromatic carbocycles. The third-order valence-electron chi connectivity index (χ3n) is 6.07. The lowest BCUT2D eigenvalue weighted by Crippen LogP contribution is -2.41. The van der Waals surface area contributed by atoms with Crippen LogP contribution in [0.5, 0.6) is 0 Å². The van der Waals surface area contributed by atoms with Crippen LogP contribution in [0.4, 0.5) is 23.1 Å². The third-order valence-corrected chi connectivity index (χ3v) is 6.07. The Morgan fingerprint density at radius 3 is 2.64 bits per heavy atom. The van der Waals surface area contributed by atoms with E-state index < -0.39 is 6.23 Å². The molecule has 1 unspecified atom stereocenters. The second-order valence-electron chi connectivity index (χ2n) is 8.35. The molecule has 10 heteroatoms. The summed E-state index contributed by atoms with van der Waals surface area (Å²) in [5.41, 5.74) is 4.20. The van der Waals surface area contributed by atoms with Gasteiger partial charge in [0.1, 0.15) is 5.82 Å². The molecule has 3 heterocycles. The summed E-state index contributed by atoms with van der Waals surface area (Å²) in [4.78, 5) is 28.4. The van der Waals surface area contributed by atoms with Gasteiger partial charge in [-0.2, -0.15) is 4.98 Å². The van der Waals surface area contributed by atoms with E-state index in [1.165, 1.54) is 6.39 Å². The first-order valence-electron chi connectivity index (χ1n) is 11.6. The largest absolute Gasteiger partial charge is 0.444 e. The minimum absolute atomic E-state index is 0.0831. The molecular formula is C26H26N6O4. The molecule has 0 saturated carbocycles. The summed E-state index contributed by atoms with van der Waals surface area (Å²) in [6, 6.07) is 17.3. The van der Waals surface area contributed by atoms with Crippen LogP contribution in [0.1, 0.15) is 11.3 Å². The first-order chi connectivity index (χ1) is 17.7. The zero-order chi connectivity index (χ0) is 24.9. The summed E-state index contributed by atoms with van der Waals surface area (Å²) < 4.78 is 5.35. The van der Waals surface area contributed by atoms with Crippen molar-refractivity contribution >= 4 is 29.4 Å². The van der Waals surface area contributed by atoms with E-state index in [1.54, 1.807) is 11.1 Å². The summed E-state index contributed by atoms with van der Waals surface area (Å²) >= 11 is 0. The number of benzene rings is 2. The number of carbonyl (C=O) groups is 1. The number of aliphatic hydroxyl groups excluding tert-OH is 2. The molecule has 1 aliphatic rings. The van der Waals surface area contributed by atoms with Crippen LogP contribution in [0, 0.1) is 0 Å². The Morgan fingerprint density at radius 2 is 1.94 bits per heavy atom. The number of aldehydes is 1. The Balaban J connectivity index is 1.52. The van der Waals surface area contributed by atoms with Crippen LogP contribution in [-0.2, 0) is 17.8 Å². The standard InChI is InChI=1S/C26H26N6O4/c33-13-12-32(20-4-2-1-3-5-20)25-21-15-31(24(35)16-34)11-10-22(21)29-26(30-25)28-19-8-6-18(7-9-19)23-14-27-17-36-23/h1-9,14,16-17,24,33,35H,10-13,15H2,(H,28,29,30). The average Bonchev–Trinajstić information content (AvgIpc) is 3.47. The van der Waals surface area contributed by atoms with E-state index in [4.69, 9.17) is 14.4 Å². The van der Waals surface area contributed by atoms with E-state index >= 15 is 0 Å². The SMILES string of the molecule is O=CC(O)N1CCc2nc(Nc3ccc(-c4cnco4)cc3)nc(N(CCO)c3ccccc3)c2C1. The van der Waals surface area contributed by atoms with Crippen LogP contribution in [-0.4, -0.2) is 62.3 Å². The van der Waals surface area contributed by atoms with Gasteiger partial charge in [-0.25, -0.2) is 9.97 Å². The molecule has 0 saturated heterocycles. The lowest BCUT2D eigenvalue weighted by Gasteiger charge is -2.33. The zero-order valence-electron chi connectivity index (χ0n) is 19.5. The van der Waals surface area contributed by atoms with Gasteiger partial charge in [-0.15, -0.1) is 0 Å². The predicted molar refractivity (Wildman–Crippen MR) is 134 cm³/mol. The molecule has 36 heavy (non-hydrogen) atoms. The molecule has 0 radical (unpaired) electrons. The Bertz CT molecular complexity index is 1300. The van der Waals surface area contributed by atoms with Crippen LogP contribution in [0.2, 0.25) is 0 Å². The van der Waals surface area contributed by atoms with Crippen molar-refractivity contribution in [2.24, 2.45) is 0 Å². The van der Waals surface area contributed by atoms with Gasteiger partial charge in [0.2, 0.25) is 5.95 Å². The van der Waals surface area contributed by atoms with Crippen LogP contribution in [0.15, 0.2) is 71.6 Å². The van der Waals surface area contributed by atoms with Gasteiger partial charge >= 0.3 is 0 Å². The van der Waals surface area contributed by atoms with Crippen LogP contribution < -0.4 is 10.2 Å². The third kappa shape index (κ3) is 4.96. The molecule has 5 rings (SSSR count). The molecule has 0 bridgehead atoms. The summed E-state index contributed by atoms with van der Waals surface area (Å²) in [5.74, 6) is 1.71. The molecule has 0 aliphatic carbocycles. The Morgan fingerprint density at radius 1 is 1.14 bits per heavy atom. The number of nitrogens with one attached hydrogen (secondary N) is 1. The summed E-state index contributed by atoms with van der Waals surface area (Å²) in [7, 11) is 0. The highest BCUT2D eigenvalue weighted by atomic mass is 16.3. The Kier molecular flexibility index (Phi) is 6.99. The van der Waals surface area contributed by atoms with Gasteiger partial charge in [0.05, 0.1) is 18.5 Å². The van der Waals surface area contributed by atoms with E-state index in [0.717, 1.165) is 28.2 Å². The Hall–Kier alpha value is -4.12. The number of aromatic nitrogens is 3. The predicted octanol–water partition coefficient (Wildman–Crippen LogP) is 2.88. The fourth-order valence-electron chi connectivity index (χ4n) is 4.28. The van der Waals surface area contributed by atoms with E-state index in [2.05, 4.69) is 10.3 Å². The van der Waals surface area contributed by atoms with Crippen LogP contribution in [0.25, 0.3) is 11.3 Å². The molecule has 3 N–H and O–H groups in total. The number of carbonyl (C=O) groups excluding carboxylic acids is 1. The number of hydrogen-bond acceptors (Lipinski definition) is 10. The second kappa shape index (κ2) is 10.6. The maximum absolute atomic E-state index is 11.2. The van der Waals surface area contributed by atoms with Crippen molar-refractivity contribution in [3.63, 3.8) is 0 Å². The smallest absolute Gasteiger partial charge is 0.229 e. The Labute approximate surface area is 207 Å². The minimum Gasteiger partial charge on any atom is -0.444 e.